The number of carbonyl (C=O) groups excluding carboxylic acids is 1. The van der Waals surface area contributed by atoms with Crippen LogP contribution in [-0.4, -0.2) is 45.4 Å². The number of aromatic hydroxyl groups is 1. The molecule has 2 rings (SSSR count). The molecule has 126 valence electrons. The maximum absolute atomic E-state index is 12.7. The number of imidazole rings is 1. The lowest BCUT2D eigenvalue weighted by Crippen LogP contribution is -2.33. The first-order valence-electron chi connectivity index (χ1n) is 7.91. The minimum Gasteiger partial charge on any atom is -0.504 e. The molecule has 0 aliphatic heterocycles. The Balaban J connectivity index is 2.64. The summed E-state index contributed by atoms with van der Waals surface area (Å²) in [4.78, 5) is 19.0. The van der Waals surface area contributed by atoms with E-state index in [1.54, 1.807) is 10.6 Å². The van der Waals surface area contributed by atoms with Gasteiger partial charge < -0.3 is 19.7 Å². The van der Waals surface area contributed by atoms with E-state index in [9.17, 15) is 9.90 Å². The maximum Gasteiger partial charge on any atom is 0.253 e. The van der Waals surface area contributed by atoms with Crippen LogP contribution in [0, 0.1) is 13.8 Å². The summed E-state index contributed by atoms with van der Waals surface area (Å²) < 4.78 is 1.79. The Morgan fingerprint density at radius 2 is 2.09 bits per heavy atom. The van der Waals surface area contributed by atoms with E-state index < -0.39 is 0 Å². The molecule has 0 aliphatic rings. The number of rotatable bonds is 5. The third-order valence-electron chi connectivity index (χ3n) is 4.18. The van der Waals surface area contributed by atoms with Crippen LogP contribution in [0.5, 0.6) is 5.75 Å². The third kappa shape index (κ3) is 3.32. The number of nitrogens with one attached hydrogen (secondary N) is 1. The quantitative estimate of drug-likeness (QED) is 0.887. The van der Waals surface area contributed by atoms with Crippen molar-refractivity contribution >= 4 is 11.6 Å². The molecule has 2 N–H and O–H groups in total. The van der Waals surface area contributed by atoms with Gasteiger partial charge in [0, 0.05) is 30.0 Å². The van der Waals surface area contributed by atoms with Crippen LogP contribution in [0.3, 0.4) is 0 Å². The van der Waals surface area contributed by atoms with Gasteiger partial charge in [0.25, 0.3) is 5.91 Å². The standard InChI is InChI=1S/C17H26N4O2/c1-7-10(2)18-17(23)14-9-21-12(4)11(3)19-16(21)15(22)13(14)8-20(5)6/h9-10,22H,7-8H2,1-6H3,(H,18,23). The zero-order valence-corrected chi connectivity index (χ0v) is 14.8. The van der Waals surface area contributed by atoms with E-state index in [1.807, 2.05) is 46.7 Å². The lowest BCUT2D eigenvalue weighted by Gasteiger charge is -2.18. The first-order valence-corrected chi connectivity index (χ1v) is 7.91. The molecule has 0 fully saturated rings. The van der Waals surface area contributed by atoms with Crippen molar-refractivity contribution in [3.05, 3.63) is 28.7 Å². The summed E-state index contributed by atoms with van der Waals surface area (Å²) in [5.41, 5.74) is 3.36. The highest BCUT2D eigenvalue weighted by Crippen LogP contribution is 2.29. The zero-order valence-electron chi connectivity index (χ0n) is 14.8. The fourth-order valence-corrected chi connectivity index (χ4v) is 2.50. The van der Waals surface area contributed by atoms with E-state index in [4.69, 9.17) is 0 Å². The number of amides is 1. The Labute approximate surface area is 137 Å². The number of hydrogen-bond acceptors (Lipinski definition) is 4. The summed E-state index contributed by atoms with van der Waals surface area (Å²) in [7, 11) is 3.81. The topological polar surface area (TPSA) is 69.9 Å². The van der Waals surface area contributed by atoms with Crippen LogP contribution in [0.1, 0.15) is 47.6 Å². The van der Waals surface area contributed by atoms with E-state index in [2.05, 4.69) is 10.3 Å². The van der Waals surface area contributed by atoms with E-state index in [1.165, 1.54) is 0 Å². The Morgan fingerprint density at radius 1 is 1.43 bits per heavy atom. The average Bonchev–Trinajstić information content (AvgIpc) is 2.77. The van der Waals surface area contributed by atoms with E-state index >= 15 is 0 Å². The van der Waals surface area contributed by atoms with Gasteiger partial charge in [-0.2, -0.15) is 0 Å². The second-order valence-electron chi connectivity index (χ2n) is 6.37. The molecule has 0 bridgehead atoms. The summed E-state index contributed by atoms with van der Waals surface area (Å²) in [6.45, 7) is 8.28. The second-order valence-corrected chi connectivity index (χ2v) is 6.37. The molecule has 1 amide bonds. The molecule has 0 aromatic carbocycles. The SMILES string of the molecule is CCC(C)NC(=O)c1cn2c(C)c(C)nc2c(O)c1CN(C)C. The minimum absolute atomic E-state index is 0.0756. The molecule has 2 aromatic rings. The van der Waals surface area contributed by atoms with Crippen LogP contribution in [0.25, 0.3) is 5.65 Å². The van der Waals surface area contributed by atoms with Crippen molar-refractivity contribution in [2.45, 2.75) is 46.7 Å². The Kier molecular flexibility index (Phi) is 4.94. The number of aromatic nitrogens is 2. The molecule has 2 aromatic heterocycles. The van der Waals surface area contributed by atoms with Crippen LogP contribution in [0.2, 0.25) is 0 Å². The van der Waals surface area contributed by atoms with Crippen LogP contribution in [-0.2, 0) is 6.54 Å². The smallest absolute Gasteiger partial charge is 0.253 e. The van der Waals surface area contributed by atoms with Gasteiger partial charge in [-0.15, -0.1) is 0 Å². The summed E-state index contributed by atoms with van der Waals surface area (Å²) in [6.07, 6.45) is 2.63. The van der Waals surface area contributed by atoms with Gasteiger partial charge in [-0.3, -0.25) is 4.79 Å². The molecule has 2 heterocycles. The van der Waals surface area contributed by atoms with Crippen LogP contribution in [0.4, 0.5) is 0 Å². The van der Waals surface area contributed by atoms with Gasteiger partial charge in [0.05, 0.1) is 11.3 Å². The second kappa shape index (κ2) is 6.58. The monoisotopic (exact) mass is 318 g/mol. The molecule has 0 aliphatic carbocycles. The van der Waals surface area contributed by atoms with Gasteiger partial charge in [-0.1, -0.05) is 6.92 Å². The Hall–Kier alpha value is -2.08. The number of fused-ring (bicyclic) bond motifs is 1. The molecule has 0 saturated heterocycles. The zero-order chi connectivity index (χ0) is 17.3. The highest BCUT2D eigenvalue weighted by atomic mass is 16.3. The fourth-order valence-electron chi connectivity index (χ4n) is 2.50. The lowest BCUT2D eigenvalue weighted by atomic mass is 10.1. The molecular weight excluding hydrogens is 292 g/mol. The maximum atomic E-state index is 12.7. The number of nitrogens with zero attached hydrogens (tertiary/aromatic N) is 3. The molecular formula is C17H26N4O2. The van der Waals surface area contributed by atoms with Gasteiger partial charge in [-0.25, -0.2) is 4.98 Å². The highest BCUT2D eigenvalue weighted by Gasteiger charge is 2.22. The van der Waals surface area contributed by atoms with Crippen molar-refractivity contribution in [1.82, 2.24) is 19.6 Å². The van der Waals surface area contributed by atoms with Crippen molar-refractivity contribution in [3.8, 4) is 5.75 Å². The Morgan fingerprint density at radius 3 is 2.65 bits per heavy atom. The fraction of sp³-hybridized carbons (Fsp3) is 0.529. The predicted octanol–water partition coefficient (Wildman–Crippen LogP) is 2.25. The molecule has 0 spiro atoms. The molecule has 23 heavy (non-hydrogen) atoms. The van der Waals surface area contributed by atoms with E-state index in [-0.39, 0.29) is 17.7 Å². The molecule has 6 heteroatoms. The van der Waals surface area contributed by atoms with Gasteiger partial charge in [-0.05, 0) is 41.3 Å². The molecule has 0 radical (unpaired) electrons. The predicted molar refractivity (Wildman–Crippen MR) is 90.9 cm³/mol. The third-order valence-corrected chi connectivity index (χ3v) is 4.18. The highest BCUT2D eigenvalue weighted by molar-refractivity contribution is 5.97. The minimum atomic E-state index is -0.167. The van der Waals surface area contributed by atoms with Crippen LogP contribution < -0.4 is 5.32 Å². The van der Waals surface area contributed by atoms with Crippen molar-refractivity contribution in [1.29, 1.82) is 0 Å². The van der Waals surface area contributed by atoms with Crippen LogP contribution in [0.15, 0.2) is 6.20 Å². The summed E-state index contributed by atoms with van der Waals surface area (Å²) >= 11 is 0. The van der Waals surface area contributed by atoms with Gasteiger partial charge >= 0.3 is 0 Å². The van der Waals surface area contributed by atoms with E-state index in [0.29, 0.717) is 23.3 Å². The van der Waals surface area contributed by atoms with Crippen LogP contribution >= 0.6 is 0 Å². The molecule has 1 atom stereocenters. The van der Waals surface area contributed by atoms with Gasteiger partial charge in [0.2, 0.25) is 0 Å². The number of hydrogen-bond donors (Lipinski definition) is 2. The molecule has 6 nitrogen and oxygen atoms in total. The molecule has 0 saturated carbocycles. The normalized spacial score (nSPS) is 12.8. The van der Waals surface area contributed by atoms with Crippen molar-refractivity contribution in [2.24, 2.45) is 0 Å². The summed E-state index contributed by atoms with van der Waals surface area (Å²) in [6, 6.07) is 0.0816. The summed E-state index contributed by atoms with van der Waals surface area (Å²) in [5, 5.41) is 13.6. The lowest BCUT2D eigenvalue weighted by molar-refractivity contribution is 0.0936. The van der Waals surface area contributed by atoms with Gasteiger partial charge in [0.1, 0.15) is 0 Å². The summed E-state index contributed by atoms with van der Waals surface area (Å²) in [5.74, 6) is -0.0918. The number of aryl methyl sites for hydroxylation is 2. The average molecular weight is 318 g/mol. The molecule has 1 unspecified atom stereocenters. The number of pyridine rings is 1. The first-order chi connectivity index (χ1) is 10.8. The van der Waals surface area contributed by atoms with Gasteiger partial charge in [0.15, 0.2) is 11.4 Å². The largest absolute Gasteiger partial charge is 0.504 e. The number of carbonyl (C=O) groups is 1. The van der Waals surface area contributed by atoms with E-state index in [0.717, 1.165) is 17.8 Å². The Bertz CT molecular complexity index is 734. The van der Waals surface area contributed by atoms with Crippen molar-refractivity contribution in [2.75, 3.05) is 14.1 Å². The van der Waals surface area contributed by atoms with Crippen molar-refractivity contribution in [3.63, 3.8) is 0 Å². The van der Waals surface area contributed by atoms with Crippen molar-refractivity contribution < 1.29 is 9.90 Å². The first kappa shape index (κ1) is 17.3.